The molecule has 0 spiro atoms. The SMILES string of the molecule is CCNCC1CCN(C(=O)c2ccsc2)CC1. The molecule has 1 N–H and O–H groups in total. The summed E-state index contributed by atoms with van der Waals surface area (Å²) in [6.07, 6.45) is 2.26. The largest absolute Gasteiger partial charge is 0.339 e. The van der Waals surface area contributed by atoms with Crippen LogP contribution in [0.1, 0.15) is 30.1 Å². The molecule has 0 aliphatic carbocycles. The summed E-state index contributed by atoms with van der Waals surface area (Å²) in [5.41, 5.74) is 0.847. The van der Waals surface area contributed by atoms with Gasteiger partial charge >= 0.3 is 0 Å². The quantitative estimate of drug-likeness (QED) is 0.891. The van der Waals surface area contributed by atoms with Gasteiger partial charge in [0.15, 0.2) is 0 Å². The van der Waals surface area contributed by atoms with Crippen molar-refractivity contribution in [1.29, 1.82) is 0 Å². The number of carbonyl (C=O) groups excluding carboxylic acids is 1. The van der Waals surface area contributed by atoms with E-state index in [1.807, 2.05) is 21.7 Å². The fraction of sp³-hybridized carbons (Fsp3) is 0.615. The molecule has 1 aliphatic rings. The first kappa shape index (κ1) is 12.6. The summed E-state index contributed by atoms with van der Waals surface area (Å²) in [7, 11) is 0. The number of amides is 1. The van der Waals surface area contributed by atoms with Crippen molar-refractivity contribution in [3.63, 3.8) is 0 Å². The normalized spacial score (nSPS) is 17.4. The summed E-state index contributed by atoms with van der Waals surface area (Å²) in [5, 5.41) is 7.29. The monoisotopic (exact) mass is 252 g/mol. The average molecular weight is 252 g/mol. The van der Waals surface area contributed by atoms with Gasteiger partial charge < -0.3 is 10.2 Å². The Labute approximate surface area is 107 Å². The minimum absolute atomic E-state index is 0.202. The van der Waals surface area contributed by atoms with Gasteiger partial charge in [0.1, 0.15) is 0 Å². The van der Waals surface area contributed by atoms with E-state index in [0.29, 0.717) is 0 Å². The minimum Gasteiger partial charge on any atom is -0.339 e. The first-order valence-corrected chi connectivity index (χ1v) is 7.27. The van der Waals surface area contributed by atoms with Crippen molar-refractivity contribution in [2.75, 3.05) is 26.2 Å². The Hall–Kier alpha value is -0.870. The van der Waals surface area contributed by atoms with E-state index in [1.165, 1.54) is 0 Å². The van der Waals surface area contributed by atoms with Crippen LogP contribution in [0.5, 0.6) is 0 Å². The van der Waals surface area contributed by atoms with Crippen LogP contribution in [0.3, 0.4) is 0 Å². The molecule has 3 nitrogen and oxygen atoms in total. The lowest BCUT2D eigenvalue weighted by atomic mass is 9.96. The molecule has 1 aromatic rings. The number of carbonyl (C=O) groups is 1. The van der Waals surface area contributed by atoms with Crippen LogP contribution in [-0.4, -0.2) is 37.0 Å². The van der Waals surface area contributed by atoms with Gasteiger partial charge in [-0.25, -0.2) is 0 Å². The summed E-state index contributed by atoms with van der Waals surface area (Å²) < 4.78 is 0. The second-order valence-electron chi connectivity index (χ2n) is 4.56. The summed E-state index contributed by atoms with van der Waals surface area (Å²) in [6, 6.07) is 1.91. The van der Waals surface area contributed by atoms with Crippen LogP contribution in [0, 0.1) is 5.92 Å². The van der Waals surface area contributed by atoms with E-state index in [9.17, 15) is 4.79 Å². The van der Waals surface area contributed by atoms with Crippen molar-refractivity contribution in [2.24, 2.45) is 5.92 Å². The Balaban J connectivity index is 1.81. The van der Waals surface area contributed by atoms with Crippen LogP contribution in [0.15, 0.2) is 16.8 Å². The minimum atomic E-state index is 0.202. The summed E-state index contributed by atoms with van der Waals surface area (Å²) in [5.74, 6) is 0.939. The highest BCUT2D eigenvalue weighted by Crippen LogP contribution is 2.19. The molecule has 0 bridgehead atoms. The Morgan fingerprint density at radius 3 is 2.88 bits per heavy atom. The molecule has 2 heterocycles. The van der Waals surface area contributed by atoms with E-state index in [2.05, 4.69) is 12.2 Å². The van der Waals surface area contributed by atoms with E-state index in [0.717, 1.165) is 50.5 Å². The molecule has 1 aromatic heterocycles. The molecule has 1 aliphatic heterocycles. The van der Waals surface area contributed by atoms with Gasteiger partial charge in [-0.2, -0.15) is 11.3 Å². The van der Waals surface area contributed by atoms with Gasteiger partial charge in [-0.15, -0.1) is 0 Å². The Morgan fingerprint density at radius 2 is 2.29 bits per heavy atom. The highest BCUT2D eigenvalue weighted by atomic mass is 32.1. The van der Waals surface area contributed by atoms with Crippen LogP contribution in [0.2, 0.25) is 0 Å². The molecule has 1 amide bonds. The molecule has 0 atom stereocenters. The molecule has 0 aromatic carbocycles. The zero-order valence-electron chi connectivity index (χ0n) is 10.3. The third kappa shape index (κ3) is 3.30. The molecule has 1 fully saturated rings. The molecular formula is C13H20N2OS. The van der Waals surface area contributed by atoms with Gasteiger partial charge in [-0.05, 0) is 43.3 Å². The molecule has 4 heteroatoms. The number of nitrogens with one attached hydrogen (secondary N) is 1. The van der Waals surface area contributed by atoms with Gasteiger partial charge in [-0.1, -0.05) is 6.92 Å². The smallest absolute Gasteiger partial charge is 0.254 e. The molecule has 2 rings (SSSR count). The highest BCUT2D eigenvalue weighted by Gasteiger charge is 2.23. The lowest BCUT2D eigenvalue weighted by Gasteiger charge is -2.32. The zero-order chi connectivity index (χ0) is 12.1. The maximum atomic E-state index is 12.1. The van der Waals surface area contributed by atoms with Gasteiger partial charge in [0.05, 0.1) is 5.56 Å². The molecular weight excluding hydrogens is 232 g/mol. The third-order valence-electron chi connectivity index (χ3n) is 3.35. The van der Waals surface area contributed by atoms with E-state index >= 15 is 0 Å². The average Bonchev–Trinajstić information content (AvgIpc) is 2.90. The lowest BCUT2D eigenvalue weighted by molar-refractivity contribution is 0.0691. The van der Waals surface area contributed by atoms with E-state index in [1.54, 1.807) is 11.3 Å². The first-order valence-electron chi connectivity index (χ1n) is 6.33. The van der Waals surface area contributed by atoms with Gasteiger partial charge in [0, 0.05) is 18.5 Å². The Morgan fingerprint density at radius 1 is 1.53 bits per heavy atom. The van der Waals surface area contributed by atoms with Crippen molar-refractivity contribution in [1.82, 2.24) is 10.2 Å². The second kappa shape index (κ2) is 6.17. The topological polar surface area (TPSA) is 32.3 Å². The highest BCUT2D eigenvalue weighted by molar-refractivity contribution is 7.08. The number of likely N-dealkylation sites (tertiary alicyclic amines) is 1. The van der Waals surface area contributed by atoms with Crippen molar-refractivity contribution in [3.8, 4) is 0 Å². The van der Waals surface area contributed by atoms with Gasteiger partial charge in [-0.3, -0.25) is 4.79 Å². The Kier molecular flexibility index (Phi) is 4.57. The van der Waals surface area contributed by atoms with Crippen LogP contribution in [-0.2, 0) is 0 Å². The first-order chi connectivity index (χ1) is 8.31. The molecule has 0 radical (unpaired) electrons. The predicted molar refractivity (Wildman–Crippen MR) is 71.5 cm³/mol. The molecule has 17 heavy (non-hydrogen) atoms. The molecule has 0 unspecified atom stereocenters. The third-order valence-corrected chi connectivity index (χ3v) is 4.04. The number of thiophene rings is 1. The van der Waals surface area contributed by atoms with E-state index in [-0.39, 0.29) is 5.91 Å². The van der Waals surface area contributed by atoms with Crippen LogP contribution in [0.25, 0.3) is 0 Å². The van der Waals surface area contributed by atoms with E-state index in [4.69, 9.17) is 0 Å². The van der Waals surface area contributed by atoms with Crippen LogP contribution >= 0.6 is 11.3 Å². The van der Waals surface area contributed by atoms with Crippen molar-refractivity contribution < 1.29 is 4.79 Å². The summed E-state index contributed by atoms with van der Waals surface area (Å²) in [6.45, 7) is 6.08. The number of nitrogens with zero attached hydrogens (tertiary/aromatic N) is 1. The summed E-state index contributed by atoms with van der Waals surface area (Å²) >= 11 is 1.59. The predicted octanol–water partition coefficient (Wildman–Crippen LogP) is 2.21. The maximum absolute atomic E-state index is 12.1. The maximum Gasteiger partial charge on any atom is 0.254 e. The van der Waals surface area contributed by atoms with E-state index < -0.39 is 0 Å². The molecule has 0 saturated carbocycles. The van der Waals surface area contributed by atoms with Gasteiger partial charge in [0.2, 0.25) is 0 Å². The number of hydrogen-bond acceptors (Lipinski definition) is 3. The standard InChI is InChI=1S/C13H20N2OS/c1-2-14-9-11-3-6-15(7-4-11)13(16)12-5-8-17-10-12/h5,8,10-11,14H,2-4,6-7,9H2,1H3. The molecule has 94 valence electrons. The van der Waals surface area contributed by atoms with Crippen LogP contribution in [0.4, 0.5) is 0 Å². The number of rotatable bonds is 4. The Bertz CT molecular complexity index is 342. The number of hydrogen-bond donors (Lipinski definition) is 1. The zero-order valence-corrected chi connectivity index (χ0v) is 11.1. The van der Waals surface area contributed by atoms with Crippen molar-refractivity contribution in [2.45, 2.75) is 19.8 Å². The molecule has 1 saturated heterocycles. The fourth-order valence-corrected chi connectivity index (χ4v) is 2.89. The van der Waals surface area contributed by atoms with Crippen LogP contribution < -0.4 is 5.32 Å². The summed E-state index contributed by atoms with van der Waals surface area (Å²) in [4.78, 5) is 14.1. The van der Waals surface area contributed by atoms with Crippen molar-refractivity contribution in [3.05, 3.63) is 22.4 Å². The lowest BCUT2D eigenvalue weighted by Crippen LogP contribution is -2.40. The fourth-order valence-electron chi connectivity index (χ4n) is 2.26. The van der Waals surface area contributed by atoms with Crippen molar-refractivity contribution >= 4 is 17.2 Å². The second-order valence-corrected chi connectivity index (χ2v) is 5.34. The number of piperidine rings is 1. The van der Waals surface area contributed by atoms with Gasteiger partial charge in [0.25, 0.3) is 5.91 Å².